The Morgan fingerprint density at radius 3 is 2.71 bits per heavy atom. The molecular formula is C15H12BrClFNO2. The van der Waals surface area contributed by atoms with Gasteiger partial charge in [-0.2, -0.15) is 0 Å². The van der Waals surface area contributed by atoms with Crippen molar-refractivity contribution >= 4 is 39.1 Å². The third-order valence-corrected chi connectivity index (χ3v) is 3.59. The first-order valence-electron chi connectivity index (χ1n) is 6.07. The van der Waals surface area contributed by atoms with Crippen molar-refractivity contribution in [3.05, 3.63) is 57.3 Å². The Morgan fingerprint density at radius 1 is 1.33 bits per heavy atom. The van der Waals surface area contributed by atoms with E-state index >= 15 is 0 Å². The number of halogens is 3. The summed E-state index contributed by atoms with van der Waals surface area (Å²) < 4.78 is 19.2. The van der Waals surface area contributed by atoms with Gasteiger partial charge in [-0.25, -0.2) is 4.39 Å². The fourth-order valence-corrected chi connectivity index (χ4v) is 2.51. The van der Waals surface area contributed by atoms with E-state index in [0.29, 0.717) is 16.3 Å². The number of rotatable bonds is 4. The molecule has 2 aromatic rings. The second-order valence-corrected chi connectivity index (χ2v) is 5.64. The maximum atomic E-state index is 13.6. The van der Waals surface area contributed by atoms with Gasteiger partial charge in [-0.3, -0.25) is 4.79 Å². The van der Waals surface area contributed by atoms with Crippen LogP contribution in [-0.2, 0) is 11.2 Å². The average Bonchev–Trinajstić information content (AvgIpc) is 2.42. The van der Waals surface area contributed by atoms with E-state index in [2.05, 4.69) is 21.2 Å². The van der Waals surface area contributed by atoms with Crippen LogP contribution in [0.1, 0.15) is 5.56 Å². The smallest absolute Gasteiger partial charge is 0.228 e. The molecule has 0 aliphatic carbocycles. The number of ether oxygens (including phenoxy) is 1. The minimum Gasteiger partial charge on any atom is -0.494 e. The van der Waals surface area contributed by atoms with E-state index < -0.39 is 5.82 Å². The van der Waals surface area contributed by atoms with Crippen LogP contribution in [0.3, 0.4) is 0 Å². The quantitative estimate of drug-likeness (QED) is 0.862. The van der Waals surface area contributed by atoms with Gasteiger partial charge in [0, 0.05) is 4.47 Å². The third kappa shape index (κ3) is 4.19. The monoisotopic (exact) mass is 371 g/mol. The van der Waals surface area contributed by atoms with Crippen LogP contribution in [0.4, 0.5) is 10.1 Å². The Morgan fingerprint density at radius 2 is 2.10 bits per heavy atom. The van der Waals surface area contributed by atoms with Crippen LogP contribution in [0.5, 0.6) is 5.75 Å². The maximum absolute atomic E-state index is 13.6. The Balaban J connectivity index is 2.06. The number of carbonyl (C=O) groups is 1. The lowest BCUT2D eigenvalue weighted by Gasteiger charge is -2.08. The molecule has 0 bridgehead atoms. The fraction of sp³-hybridized carbons (Fsp3) is 0.133. The number of hydrogen-bond acceptors (Lipinski definition) is 2. The number of methoxy groups -OCH3 is 1. The van der Waals surface area contributed by atoms with Crippen molar-refractivity contribution < 1.29 is 13.9 Å². The molecule has 0 saturated heterocycles. The van der Waals surface area contributed by atoms with Crippen molar-refractivity contribution in [2.45, 2.75) is 6.42 Å². The van der Waals surface area contributed by atoms with Crippen molar-refractivity contribution in [2.24, 2.45) is 0 Å². The standard InChI is InChI=1S/C15H12BrClFNO2/c1-21-14-5-2-9(6-12(14)18)7-15(20)19-13-4-3-10(16)8-11(13)17/h2-6,8H,7H2,1H3,(H,19,20). The molecule has 21 heavy (non-hydrogen) atoms. The lowest BCUT2D eigenvalue weighted by molar-refractivity contribution is -0.115. The second-order valence-electron chi connectivity index (χ2n) is 4.32. The van der Waals surface area contributed by atoms with Crippen LogP contribution in [-0.4, -0.2) is 13.0 Å². The number of carbonyl (C=O) groups excluding carboxylic acids is 1. The predicted molar refractivity (Wildman–Crippen MR) is 84.4 cm³/mol. The summed E-state index contributed by atoms with van der Waals surface area (Å²) in [4.78, 5) is 11.9. The highest BCUT2D eigenvalue weighted by Gasteiger charge is 2.09. The van der Waals surface area contributed by atoms with Gasteiger partial charge in [0.15, 0.2) is 11.6 Å². The molecule has 0 atom stereocenters. The van der Waals surface area contributed by atoms with E-state index in [4.69, 9.17) is 16.3 Å². The molecule has 0 unspecified atom stereocenters. The molecule has 0 fully saturated rings. The normalized spacial score (nSPS) is 10.3. The molecule has 0 aromatic heterocycles. The van der Waals surface area contributed by atoms with Crippen LogP contribution in [0.2, 0.25) is 5.02 Å². The molecule has 0 heterocycles. The minimum absolute atomic E-state index is 0.0489. The summed E-state index contributed by atoms with van der Waals surface area (Å²) in [5.74, 6) is -0.622. The van der Waals surface area contributed by atoms with Crippen molar-refractivity contribution in [1.82, 2.24) is 0 Å². The van der Waals surface area contributed by atoms with Crippen LogP contribution in [0.15, 0.2) is 40.9 Å². The number of hydrogen-bond donors (Lipinski definition) is 1. The lowest BCUT2D eigenvalue weighted by Crippen LogP contribution is -2.14. The molecule has 1 amide bonds. The van der Waals surface area contributed by atoms with E-state index in [1.807, 2.05) is 0 Å². The SMILES string of the molecule is COc1ccc(CC(=O)Nc2ccc(Br)cc2Cl)cc1F. The molecule has 3 nitrogen and oxygen atoms in total. The van der Waals surface area contributed by atoms with Gasteiger partial charge in [-0.15, -0.1) is 0 Å². The summed E-state index contributed by atoms with van der Waals surface area (Å²) in [7, 11) is 1.39. The molecule has 6 heteroatoms. The van der Waals surface area contributed by atoms with E-state index in [-0.39, 0.29) is 18.1 Å². The van der Waals surface area contributed by atoms with E-state index in [1.165, 1.54) is 19.2 Å². The van der Waals surface area contributed by atoms with Gasteiger partial charge in [-0.05, 0) is 35.9 Å². The summed E-state index contributed by atoms with van der Waals surface area (Å²) in [6.45, 7) is 0. The maximum Gasteiger partial charge on any atom is 0.228 e. The minimum atomic E-state index is -0.496. The molecule has 0 aliphatic heterocycles. The number of amides is 1. The van der Waals surface area contributed by atoms with Gasteiger partial charge >= 0.3 is 0 Å². The first-order chi connectivity index (χ1) is 9.99. The van der Waals surface area contributed by atoms with Gasteiger partial charge < -0.3 is 10.1 Å². The predicted octanol–water partition coefficient (Wildman–Crippen LogP) is 4.43. The summed E-state index contributed by atoms with van der Waals surface area (Å²) in [5, 5.41) is 3.12. The summed E-state index contributed by atoms with van der Waals surface area (Å²) in [5.41, 5.74) is 1.07. The Labute approximate surface area is 135 Å². The van der Waals surface area contributed by atoms with Gasteiger partial charge in [-0.1, -0.05) is 33.6 Å². The van der Waals surface area contributed by atoms with E-state index in [1.54, 1.807) is 24.3 Å². The van der Waals surface area contributed by atoms with Crippen molar-refractivity contribution in [3.63, 3.8) is 0 Å². The molecule has 110 valence electrons. The zero-order valence-corrected chi connectivity index (χ0v) is 13.5. The van der Waals surface area contributed by atoms with Crippen LogP contribution in [0.25, 0.3) is 0 Å². The summed E-state index contributed by atoms with van der Waals surface area (Å²) in [6.07, 6.45) is 0.0489. The van der Waals surface area contributed by atoms with Gasteiger partial charge in [0.1, 0.15) is 0 Å². The number of anilines is 1. The van der Waals surface area contributed by atoms with Crippen molar-refractivity contribution in [1.29, 1.82) is 0 Å². The van der Waals surface area contributed by atoms with Gasteiger partial charge in [0.05, 0.1) is 24.2 Å². The topological polar surface area (TPSA) is 38.3 Å². The average molecular weight is 373 g/mol. The molecule has 0 radical (unpaired) electrons. The largest absolute Gasteiger partial charge is 0.494 e. The van der Waals surface area contributed by atoms with Crippen LogP contribution in [0, 0.1) is 5.82 Å². The zero-order chi connectivity index (χ0) is 15.4. The van der Waals surface area contributed by atoms with Gasteiger partial charge in [0.25, 0.3) is 0 Å². The zero-order valence-electron chi connectivity index (χ0n) is 11.1. The molecule has 1 N–H and O–H groups in total. The molecular weight excluding hydrogens is 361 g/mol. The van der Waals surface area contributed by atoms with Crippen LogP contribution < -0.4 is 10.1 Å². The summed E-state index contributed by atoms with van der Waals surface area (Å²) >= 11 is 9.31. The molecule has 0 aliphatic rings. The Hall–Kier alpha value is -1.59. The highest BCUT2D eigenvalue weighted by molar-refractivity contribution is 9.10. The highest BCUT2D eigenvalue weighted by Crippen LogP contribution is 2.26. The highest BCUT2D eigenvalue weighted by atomic mass is 79.9. The first kappa shape index (κ1) is 15.8. The molecule has 0 spiro atoms. The van der Waals surface area contributed by atoms with Crippen molar-refractivity contribution in [2.75, 3.05) is 12.4 Å². The van der Waals surface area contributed by atoms with Crippen LogP contribution >= 0.6 is 27.5 Å². The summed E-state index contributed by atoms with van der Waals surface area (Å²) in [6, 6.07) is 9.56. The van der Waals surface area contributed by atoms with Crippen molar-refractivity contribution in [3.8, 4) is 5.75 Å². The van der Waals surface area contributed by atoms with E-state index in [9.17, 15) is 9.18 Å². The molecule has 2 aromatic carbocycles. The fourth-order valence-electron chi connectivity index (χ4n) is 1.79. The molecule has 2 rings (SSSR count). The Bertz CT molecular complexity index is 679. The number of benzene rings is 2. The van der Waals surface area contributed by atoms with E-state index in [0.717, 1.165) is 4.47 Å². The second kappa shape index (κ2) is 6.91. The molecule has 0 saturated carbocycles. The first-order valence-corrected chi connectivity index (χ1v) is 7.24. The van der Waals surface area contributed by atoms with Gasteiger partial charge in [0.2, 0.25) is 5.91 Å². The third-order valence-electron chi connectivity index (χ3n) is 2.79. The lowest BCUT2D eigenvalue weighted by atomic mass is 10.1. The number of nitrogens with one attached hydrogen (secondary N) is 1. The Kier molecular flexibility index (Phi) is 5.20.